The summed E-state index contributed by atoms with van der Waals surface area (Å²) in [6.07, 6.45) is 0. The van der Waals surface area contributed by atoms with E-state index in [2.05, 4.69) is 45.5 Å². The summed E-state index contributed by atoms with van der Waals surface area (Å²) in [6.45, 7) is 6.33. The normalized spacial score (nSPS) is 11.6. The third kappa shape index (κ3) is 6.05. The van der Waals surface area contributed by atoms with Gasteiger partial charge in [0.25, 0.3) is 0 Å². The molecule has 0 bridgehead atoms. The number of benzene rings is 2. The lowest BCUT2D eigenvalue weighted by Gasteiger charge is -2.10. The molecule has 3 rings (SSSR count). The highest BCUT2D eigenvalue weighted by molar-refractivity contribution is 8.02. The first-order valence-corrected chi connectivity index (χ1v) is 11.4. The monoisotopic (exact) mass is 456 g/mol. The lowest BCUT2D eigenvalue weighted by molar-refractivity contribution is -0.120. The summed E-state index contributed by atoms with van der Waals surface area (Å²) in [7, 11) is 1.34. The zero-order valence-corrected chi connectivity index (χ0v) is 19.4. The average Bonchev–Trinajstić information content (AvgIpc) is 3.21. The number of methoxy groups -OCH3 is 1. The maximum Gasteiger partial charge on any atom is 0.337 e. The number of carbonyl (C=O) groups excluding carboxylic acids is 2. The molecule has 0 spiro atoms. The van der Waals surface area contributed by atoms with E-state index in [-0.39, 0.29) is 17.1 Å². The third-order valence-corrected chi connectivity index (χ3v) is 6.76. The van der Waals surface area contributed by atoms with E-state index in [4.69, 9.17) is 0 Å². The summed E-state index contributed by atoms with van der Waals surface area (Å²) < 4.78 is 5.40. The molecule has 9 heteroatoms. The number of ether oxygens (including phenoxy) is 1. The molecule has 0 saturated heterocycles. The summed E-state index contributed by atoms with van der Waals surface area (Å²) in [5, 5.41) is 14.9. The number of carbonyl (C=O) groups is 2. The van der Waals surface area contributed by atoms with E-state index in [9.17, 15) is 9.59 Å². The molecule has 162 valence electrons. The number of esters is 1. The quantitative estimate of drug-likeness (QED) is 0.381. The molecule has 0 saturated carbocycles. The van der Waals surface area contributed by atoms with Crippen LogP contribution in [0.3, 0.4) is 0 Å². The Morgan fingerprint density at radius 1 is 1.13 bits per heavy atom. The van der Waals surface area contributed by atoms with Gasteiger partial charge in [0.2, 0.25) is 11.0 Å². The molecule has 0 fully saturated rings. The number of hydrogen-bond donors (Lipinski definition) is 2. The van der Waals surface area contributed by atoms with Crippen LogP contribution in [0, 0.1) is 13.8 Å². The van der Waals surface area contributed by atoms with Gasteiger partial charge in [0.15, 0.2) is 4.34 Å². The first-order chi connectivity index (χ1) is 14.9. The fraction of sp³-hybridized carbons (Fsp3) is 0.273. The van der Waals surface area contributed by atoms with Gasteiger partial charge in [-0.3, -0.25) is 4.79 Å². The highest BCUT2D eigenvalue weighted by Crippen LogP contribution is 2.31. The number of aryl methyl sites for hydroxylation is 1. The molecule has 0 aliphatic rings. The molecule has 1 aromatic heterocycles. The highest BCUT2D eigenvalue weighted by atomic mass is 32.2. The molecule has 1 heterocycles. The van der Waals surface area contributed by atoms with Crippen LogP contribution in [0.15, 0.2) is 46.8 Å². The van der Waals surface area contributed by atoms with Crippen molar-refractivity contribution in [2.75, 3.05) is 12.4 Å². The first-order valence-electron chi connectivity index (χ1n) is 9.65. The summed E-state index contributed by atoms with van der Waals surface area (Å²) in [5.74, 6) is -0.481. The van der Waals surface area contributed by atoms with E-state index in [0.29, 0.717) is 17.2 Å². The van der Waals surface area contributed by atoms with Crippen LogP contribution in [0.25, 0.3) is 0 Å². The largest absolute Gasteiger partial charge is 0.465 e. The zero-order chi connectivity index (χ0) is 22.4. The van der Waals surface area contributed by atoms with E-state index in [1.165, 1.54) is 41.3 Å². The van der Waals surface area contributed by atoms with Gasteiger partial charge < -0.3 is 15.4 Å². The lowest BCUT2D eigenvalue weighted by Crippen LogP contribution is -2.30. The highest BCUT2D eigenvalue weighted by Gasteiger charge is 2.17. The molecule has 0 aliphatic carbocycles. The molecule has 1 amide bonds. The Hall–Kier alpha value is -2.91. The summed E-state index contributed by atoms with van der Waals surface area (Å²) in [6, 6.07) is 13.0. The molecular formula is C22H24N4O3S2. The van der Waals surface area contributed by atoms with Crippen LogP contribution in [-0.4, -0.2) is 34.4 Å². The van der Waals surface area contributed by atoms with Gasteiger partial charge in [-0.1, -0.05) is 47.4 Å². The minimum absolute atomic E-state index is 0.0960. The predicted octanol–water partition coefficient (Wildman–Crippen LogP) is 4.48. The van der Waals surface area contributed by atoms with Crippen molar-refractivity contribution in [3.8, 4) is 0 Å². The summed E-state index contributed by atoms with van der Waals surface area (Å²) in [5.41, 5.74) is 4.74. The van der Waals surface area contributed by atoms with E-state index in [1.807, 2.05) is 19.1 Å². The van der Waals surface area contributed by atoms with Gasteiger partial charge in [-0.15, -0.1) is 10.2 Å². The van der Waals surface area contributed by atoms with Crippen molar-refractivity contribution in [1.29, 1.82) is 0 Å². The molecule has 1 unspecified atom stereocenters. The third-order valence-electron chi connectivity index (χ3n) is 4.74. The fourth-order valence-corrected chi connectivity index (χ4v) is 4.66. The van der Waals surface area contributed by atoms with Crippen LogP contribution in [0.1, 0.15) is 34.0 Å². The minimum Gasteiger partial charge on any atom is -0.465 e. The molecule has 0 radical (unpaired) electrons. The van der Waals surface area contributed by atoms with Crippen molar-refractivity contribution in [3.05, 3.63) is 64.7 Å². The van der Waals surface area contributed by atoms with Crippen molar-refractivity contribution < 1.29 is 14.3 Å². The smallest absolute Gasteiger partial charge is 0.337 e. The Morgan fingerprint density at radius 3 is 2.58 bits per heavy atom. The molecule has 31 heavy (non-hydrogen) atoms. The second-order valence-electron chi connectivity index (χ2n) is 6.91. The summed E-state index contributed by atoms with van der Waals surface area (Å²) >= 11 is 2.78. The first kappa shape index (κ1) is 22.8. The Morgan fingerprint density at radius 2 is 1.87 bits per heavy atom. The van der Waals surface area contributed by atoms with E-state index in [0.717, 1.165) is 15.6 Å². The molecule has 2 aromatic carbocycles. The van der Waals surface area contributed by atoms with Gasteiger partial charge in [0.1, 0.15) is 0 Å². The van der Waals surface area contributed by atoms with Crippen LogP contribution in [-0.2, 0) is 16.1 Å². The van der Waals surface area contributed by atoms with Gasteiger partial charge in [-0.25, -0.2) is 4.79 Å². The predicted molar refractivity (Wildman–Crippen MR) is 124 cm³/mol. The topological polar surface area (TPSA) is 93.2 Å². The Balaban J connectivity index is 1.52. The van der Waals surface area contributed by atoms with Crippen LogP contribution < -0.4 is 10.6 Å². The van der Waals surface area contributed by atoms with Crippen molar-refractivity contribution in [3.63, 3.8) is 0 Å². The molecule has 1 atom stereocenters. The van der Waals surface area contributed by atoms with Crippen LogP contribution in [0.2, 0.25) is 0 Å². The number of anilines is 2. The van der Waals surface area contributed by atoms with Crippen LogP contribution in [0.5, 0.6) is 0 Å². The van der Waals surface area contributed by atoms with Gasteiger partial charge in [-0.05, 0) is 55.7 Å². The van der Waals surface area contributed by atoms with Gasteiger partial charge in [0, 0.05) is 12.2 Å². The fourth-order valence-electron chi connectivity index (χ4n) is 2.72. The van der Waals surface area contributed by atoms with E-state index < -0.39 is 0 Å². The molecule has 0 aliphatic heterocycles. The van der Waals surface area contributed by atoms with Gasteiger partial charge >= 0.3 is 5.97 Å². The van der Waals surface area contributed by atoms with Crippen molar-refractivity contribution in [2.45, 2.75) is 36.9 Å². The lowest BCUT2D eigenvalue weighted by atomic mass is 10.1. The van der Waals surface area contributed by atoms with Crippen LogP contribution >= 0.6 is 23.1 Å². The molecule has 3 aromatic rings. The maximum atomic E-state index is 12.5. The Kier molecular flexibility index (Phi) is 7.64. The van der Waals surface area contributed by atoms with Crippen molar-refractivity contribution in [2.24, 2.45) is 0 Å². The van der Waals surface area contributed by atoms with Crippen molar-refractivity contribution in [1.82, 2.24) is 15.5 Å². The average molecular weight is 457 g/mol. The number of nitrogens with one attached hydrogen (secondary N) is 2. The molecule has 2 N–H and O–H groups in total. The molecular weight excluding hydrogens is 432 g/mol. The molecule has 7 nitrogen and oxygen atoms in total. The van der Waals surface area contributed by atoms with E-state index >= 15 is 0 Å². The second kappa shape index (κ2) is 10.4. The van der Waals surface area contributed by atoms with Crippen LogP contribution in [0.4, 0.5) is 10.8 Å². The zero-order valence-electron chi connectivity index (χ0n) is 17.8. The Bertz CT molecular complexity index is 1070. The van der Waals surface area contributed by atoms with Crippen molar-refractivity contribution >= 4 is 45.8 Å². The standard InChI is InChI=1S/C22H24N4O3S2/c1-13-6-5-7-18(14(13)2)24-21-25-26-22(31-21)30-15(3)19(27)23-12-16-8-10-17(11-9-16)20(28)29-4/h5-11,15H,12H2,1-4H3,(H,23,27)(H,24,25). The SMILES string of the molecule is COC(=O)c1ccc(CNC(=O)C(C)Sc2nnc(Nc3cccc(C)c3C)s2)cc1. The number of amides is 1. The number of aromatic nitrogens is 2. The minimum atomic E-state index is -0.385. The second-order valence-corrected chi connectivity index (χ2v) is 9.48. The van der Waals surface area contributed by atoms with E-state index in [1.54, 1.807) is 24.3 Å². The van der Waals surface area contributed by atoms with Gasteiger partial charge in [0.05, 0.1) is 17.9 Å². The number of thioether (sulfide) groups is 1. The number of nitrogens with zero attached hydrogens (tertiary/aromatic N) is 2. The van der Waals surface area contributed by atoms with Gasteiger partial charge in [-0.2, -0.15) is 0 Å². The Labute approximate surface area is 189 Å². The number of hydrogen-bond acceptors (Lipinski definition) is 8. The maximum absolute atomic E-state index is 12.5. The number of rotatable bonds is 8. The summed E-state index contributed by atoms with van der Waals surface area (Å²) in [4.78, 5) is 23.9.